The van der Waals surface area contributed by atoms with Gasteiger partial charge in [-0.25, -0.2) is 4.98 Å². The van der Waals surface area contributed by atoms with E-state index in [2.05, 4.69) is 10.4 Å². The molecule has 0 spiro atoms. The number of pyridine rings is 1. The van der Waals surface area contributed by atoms with Crippen LogP contribution < -0.4 is 16.0 Å². The molecule has 0 aromatic carbocycles. The number of ether oxygens (including phenoxy) is 1. The lowest BCUT2D eigenvalue weighted by Gasteiger charge is -1.99. The van der Waals surface area contributed by atoms with Gasteiger partial charge in [0.05, 0.1) is 19.0 Å². The molecule has 1 aromatic heterocycles. The molecule has 1 aromatic rings. The summed E-state index contributed by atoms with van der Waals surface area (Å²) in [4.78, 5) is 3.90. The maximum Gasteiger partial charge on any atom is 0.213 e. The van der Waals surface area contributed by atoms with Gasteiger partial charge in [-0.2, -0.15) is 0 Å². The molecule has 5 heteroatoms. The molecule has 0 saturated heterocycles. The van der Waals surface area contributed by atoms with Crippen molar-refractivity contribution in [3.05, 3.63) is 18.3 Å². The van der Waals surface area contributed by atoms with E-state index in [4.69, 9.17) is 10.6 Å². The number of nitrogens with one attached hydrogen (secondary N) is 1. The summed E-state index contributed by atoms with van der Waals surface area (Å²) in [6.45, 7) is 0. The Hall–Kier alpha value is -1.00. The second kappa shape index (κ2) is 4.76. The maximum atomic E-state index is 5.11. The number of methoxy groups -OCH3 is 1. The molecule has 4 nitrogen and oxygen atoms in total. The number of nitrogen functional groups attached to an aromatic ring is 1. The molecule has 0 saturated carbocycles. The zero-order valence-electron chi connectivity index (χ0n) is 6.07. The Morgan fingerprint density at radius 1 is 1.55 bits per heavy atom. The average molecular weight is 176 g/mol. The van der Waals surface area contributed by atoms with Crippen LogP contribution in [0.15, 0.2) is 18.3 Å². The van der Waals surface area contributed by atoms with Crippen LogP contribution in [0.5, 0.6) is 5.88 Å². The highest BCUT2D eigenvalue weighted by molar-refractivity contribution is 5.85. The molecule has 0 bridgehead atoms. The molecule has 11 heavy (non-hydrogen) atoms. The Balaban J connectivity index is 0.000001000. The molecule has 0 aliphatic heterocycles. The average Bonchev–Trinajstić information content (AvgIpc) is 2.05. The van der Waals surface area contributed by atoms with Gasteiger partial charge in [-0.3, -0.25) is 5.84 Å². The number of hydrogen-bond donors (Lipinski definition) is 2. The topological polar surface area (TPSA) is 60.2 Å². The molecule has 0 amide bonds. The largest absolute Gasteiger partial charge is 0.481 e. The van der Waals surface area contributed by atoms with Gasteiger partial charge in [0.15, 0.2) is 0 Å². The standard InChI is InChI=1S/C6H9N3O.ClH/c1-10-6-3-2-5(9-7)4-8-6;/h2-4,9H,7H2,1H3;1H. The lowest BCUT2D eigenvalue weighted by atomic mass is 10.4. The van der Waals surface area contributed by atoms with E-state index in [0.717, 1.165) is 5.69 Å². The molecule has 0 aliphatic carbocycles. The Morgan fingerprint density at radius 3 is 2.64 bits per heavy atom. The lowest BCUT2D eigenvalue weighted by molar-refractivity contribution is 0.398. The number of halogens is 1. The van der Waals surface area contributed by atoms with Gasteiger partial charge in [-0.05, 0) is 6.07 Å². The molecule has 0 aliphatic rings. The molecule has 3 N–H and O–H groups in total. The van der Waals surface area contributed by atoms with Crippen LogP contribution in [0.25, 0.3) is 0 Å². The molecule has 0 radical (unpaired) electrons. The zero-order chi connectivity index (χ0) is 7.40. The fraction of sp³-hybridized carbons (Fsp3) is 0.167. The van der Waals surface area contributed by atoms with E-state index in [-0.39, 0.29) is 12.4 Å². The monoisotopic (exact) mass is 175 g/mol. The summed E-state index contributed by atoms with van der Waals surface area (Å²) in [5.41, 5.74) is 3.22. The minimum absolute atomic E-state index is 0. The van der Waals surface area contributed by atoms with Gasteiger partial charge >= 0.3 is 0 Å². The summed E-state index contributed by atoms with van der Waals surface area (Å²) in [6.07, 6.45) is 1.60. The van der Waals surface area contributed by atoms with Crippen molar-refractivity contribution in [1.29, 1.82) is 0 Å². The van der Waals surface area contributed by atoms with Crippen molar-refractivity contribution >= 4 is 18.1 Å². The number of nitrogens with zero attached hydrogens (tertiary/aromatic N) is 1. The number of nitrogens with two attached hydrogens (primary N) is 1. The number of hydrazine groups is 1. The van der Waals surface area contributed by atoms with Crippen molar-refractivity contribution in [1.82, 2.24) is 4.98 Å². The predicted octanol–water partition coefficient (Wildman–Crippen LogP) is 0.798. The summed E-state index contributed by atoms with van der Waals surface area (Å²) in [5, 5.41) is 0. The van der Waals surface area contributed by atoms with E-state index in [1.54, 1.807) is 25.4 Å². The third-order valence-electron chi connectivity index (χ3n) is 1.11. The van der Waals surface area contributed by atoms with Crippen LogP contribution in [0, 0.1) is 0 Å². The summed E-state index contributed by atoms with van der Waals surface area (Å²) in [7, 11) is 1.57. The fourth-order valence-corrected chi connectivity index (χ4v) is 0.586. The van der Waals surface area contributed by atoms with Gasteiger partial charge in [0.25, 0.3) is 0 Å². The van der Waals surface area contributed by atoms with E-state index in [0.29, 0.717) is 5.88 Å². The molecule has 0 fully saturated rings. The minimum atomic E-state index is 0. The Bertz CT molecular complexity index is 178. The zero-order valence-corrected chi connectivity index (χ0v) is 6.89. The van der Waals surface area contributed by atoms with Gasteiger partial charge in [-0.15, -0.1) is 12.4 Å². The van der Waals surface area contributed by atoms with Crippen LogP contribution in [0.1, 0.15) is 0 Å². The van der Waals surface area contributed by atoms with Gasteiger partial charge in [0.1, 0.15) is 0 Å². The summed E-state index contributed by atoms with van der Waals surface area (Å²) in [6, 6.07) is 3.51. The first kappa shape index (κ1) is 10.0. The molecule has 1 rings (SSSR count). The van der Waals surface area contributed by atoms with E-state index in [1.807, 2.05) is 0 Å². The Kier molecular flexibility index (Phi) is 4.33. The first-order valence-corrected chi connectivity index (χ1v) is 2.83. The van der Waals surface area contributed by atoms with Crippen LogP contribution in [-0.4, -0.2) is 12.1 Å². The third-order valence-corrected chi connectivity index (χ3v) is 1.11. The van der Waals surface area contributed by atoms with Crippen molar-refractivity contribution in [2.24, 2.45) is 5.84 Å². The van der Waals surface area contributed by atoms with Crippen molar-refractivity contribution in [2.75, 3.05) is 12.5 Å². The van der Waals surface area contributed by atoms with Crippen molar-refractivity contribution in [2.45, 2.75) is 0 Å². The van der Waals surface area contributed by atoms with Crippen molar-refractivity contribution in [3.8, 4) is 5.88 Å². The Labute approximate surface area is 71.1 Å². The van der Waals surface area contributed by atoms with Crippen LogP contribution in [0.2, 0.25) is 0 Å². The molecule has 1 heterocycles. The van der Waals surface area contributed by atoms with E-state index in [1.165, 1.54) is 0 Å². The van der Waals surface area contributed by atoms with Crippen LogP contribution in [0.4, 0.5) is 5.69 Å². The third kappa shape index (κ3) is 2.61. The summed E-state index contributed by atoms with van der Waals surface area (Å²) >= 11 is 0. The molecule has 0 unspecified atom stereocenters. The van der Waals surface area contributed by atoms with Crippen molar-refractivity contribution in [3.63, 3.8) is 0 Å². The highest BCUT2D eigenvalue weighted by atomic mass is 35.5. The van der Waals surface area contributed by atoms with Gasteiger partial charge in [0.2, 0.25) is 5.88 Å². The SMILES string of the molecule is COc1ccc(NN)cn1.Cl. The van der Waals surface area contributed by atoms with Gasteiger partial charge in [0, 0.05) is 6.07 Å². The van der Waals surface area contributed by atoms with E-state index in [9.17, 15) is 0 Å². The minimum Gasteiger partial charge on any atom is -0.481 e. The summed E-state index contributed by atoms with van der Waals surface area (Å²) in [5.74, 6) is 5.69. The highest BCUT2D eigenvalue weighted by Crippen LogP contribution is 2.08. The first-order valence-electron chi connectivity index (χ1n) is 2.83. The van der Waals surface area contributed by atoms with E-state index < -0.39 is 0 Å². The molecular weight excluding hydrogens is 166 g/mol. The van der Waals surface area contributed by atoms with Crippen LogP contribution >= 0.6 is 12.4 Å². The number of hydrogen-bond acceptors (Lipinski definition) is 4. The fourth-order valence-electron chi connectivity index (χ4n) is 0.586. The number of aromatic nitrogens is 1. The first-order chi connectivity index (χ1) is 4.86. The van der Waals surface area contributed by atoms with Gasteiger partial charge < -0.3 is 10.2 Å². The van der Waals surface area contributed by atoms with Crippen molar-refractivity contribution < 1.29 is 4.74 Å². The number of anilines is 1. The highest BCUT2D eigenvalue weighted by Gasteiger charge is 1.90. The van der Waals surface area contributed by atoms with Crippen LogP contribution in [0.3, 0.4) is 0 Å². The normalized spacial score (nSPS) is 8.18. The van der Waals surface area contributed by atoms with E-state index >= 15 is 0 Å². The second-order valence-electron chi connectivity index (χ2n) is 1.73. The molecular formula is C6H10ClN3O. The molecule has 62 valence electrons. The lowest BCUT2D eigenvalue weighted by Crippen LogP contribution is -2.06. The maximum absolute atomic E-state index is 5.11. The number of rotatable bonds is 2. The smallest absolute Gasteiger partial charge is 0.213 e. The molecule has 0 atom stereocenters. The predicted molar refractivity (Wildman–Crippen MR) is 45.8 cm³/mol. The van der Waals surface area contributed by atoms with Gasteiger partial charge in [-0.1, -0.05) is 0 Å². The second-order valence-corrected chi connectivity index (χ2v) is 1.73. The van der Waals surface area contributed by atoms with Crippen LogP contribution in [-0.2, 0) is 0 Å². The Morgan fingerprint density at radius 2 is 2.27 bits per heavy atom. The summed E-state index contributed by atoms with van der Waals surface area (Å²) < 4.78 is 4.83. The quantitative estimate of drug-likeness (QED) is 0.516.